The molecule has 1 aromatic heterocycles. The van der Waals surface area contributed by atoms with Gasteiger partial charge in [0.25, 0.3) is 0 Å². The molecule has 2 N–H and O–H groups in total. The van der Waals surface area contributed by atoms with E-state index in [4.69, 9.17) is 4.42 Å². The molecule has 0 saturated carbocycles. The van der Waals surface area contributed by atoms with Crippen LogP contribution in [0.25, 0.3) is 11.0 Å². The highest BCUT2D eigenvalue weighted by Crippen LogP contribution is 2.39. The minimum atomic E-state index is -0.588. The molecule has 0 spiro atoms. The standard InChI is InChI=1S/C36H43N3O4/c1-24(2)21-39(22-25(3)4)23-30(26(5)37-38-32(40)20-27-14-8-6-9-15-27)33(28-16-10-7-11-17-28)34-35(41)29-18-12-13-19-31(29)43-36(34)42/h6-19,24-25,30,33,41H,20-23H2,1-5H3,(H,38,40)/b37-26-/t30-,33-/m0/s1. The van der Waals surface area contributed by atoms with Gasteiger partial charge < -0.3 is 14.4 Å². The van der Waals surface area contributed by atoms with Gasteiger partial charge >= 0.3 is 5.63 Å². The lowest BCUT2D eigenvalue weighted by Gasteiger charge is -2.34. The van der Waals surface area contributed by atoms with Gasteiger partial charge in [-0.05, 0) is 42.0 Å². The fourth-order valence-corrected chi connectivity index (χ4v) is 5.75. The lowest BCUT2D eigenvalue weighted by molar-refractivity contribution is -0.120. The molecule has 43 heavy (non-hydrogen) atoms. The number of amides is 1. The van der Waals surface area contributed by atoms with Gasteiger partial charge in [-0.3, -0.25) is 4.79 Å². The summed E-state index contributed by atoms with van der Waals surface area (Å²) in [6.45, 7) is 12.9. The molecule has 0 aliphatic heterocycles. The van der Waals surface area contributed by atoms with E-state index in [1.165, 1.54) is 0 Å². The molecule has 3 aromatic carbocycles. The van der Waals surface area contributed by atoms with Crippen molar-refractivity contribution in [3.05, 3.63) is 112 Å². The number of nitrogens with zero attached hydrogens (tertiary/aromatic N) is 2. The van der Waals surface area contributed by atoms with Crippen LogP contribution in [0.4, 0.5) is 0 Å². The summed E-state index contributed by atoms with van der Waals surface area (Å²) >= 11 is 0. The molecule has 7 heteroatoms. The minimum absolute atomic E-state index is 0.0918. The van der Waals surface area contributed by atoms with E-state index in [9.17, 15) is 14.7 Å². The van der Waals surface area contributed by atoms with E-state index in [1.54, 1.807) is 18.2 Å². The van der Waals surface area contributed by atoms with Crippen molar-refractivity contribution in [1.29, 1.82) is 0 Å². The van der Waals surface area contributed by atoms with Crippen molar-refractivity contribution in [3.63, 3.8) is 0 Å². The van der Waals surface area contributed by atoms with E-state index in [0.717, 1.165) is 24.2 Å². The predicted molar refractivity (Wildman–Crippen MR) is 173 cm³/mol. The Morgan fingerprint density at radius 3 is 2.07 bits per heavy atom. The molecule has 2 atom stereocenters. The first-order valence-electron chi connectivity index (χ1n) is 15.0. The molecule has 4 rings (SSSR count). The molecule has 1 heterocycles. The number of carbonyl (C=O) groups excluding carboxylic acids is 1. The van der Waals surface area contributed by atoms with E-state index in [2.05, 4.69) is 43.1 Å². The molecular formula is C36H43N3O4. The largest absolute Gasteiger partial charge is 0.507 e. The molecule has 0 saturated heterocycles. The summed E-state index contributed by atoms with van der Waals surface area (Å²) in [4.78, 5) is 28.9. The average Bonchev–Trinajstić information content (AvgIpc) is 2.97. The van der Waals surface area contributed by atoms with Gasteiger partial charge in [0.15, 0.2) is 0 Å². The lowest BCUT2D eigenvalue weighted by atomic mass is 9.78. The Balaban J connectivity index is 1.83. The number of fused-ring (bicyclic) bond motifs is 1. The predicted octanol–water partition coefficient (Wildman–Crippen LogP) is 6.60. The normalized spacial score (nSPS) is 13.5. The Bertz CT molecular complexity index is 1570. The molecule has 0 aliphatic rings. The zero-order chi connectivity index (χ0) is 30.9. The van der Waals surface area contributed by atoms with Crippen LogP contribution in [0, 0.1) is 17.8 Å². The molecular weight excluding hydrogens is 538 g/mol. The van der Waals surface area contributed by atoms with E-state index in [1.807, 2.05) is 73.7 Å². The maximum absolute atomic E-state index is 13.7. The van der Waals surface area contributed by atoms with Crippen LogP contribution in [0.1, 0.15) is 57.2 Å². The van der Waals surface area contributed by atoms with E-state index in [0.29, 0.717) is 35.1 Å². The molecule has 0 bridgehead atoms. The summed E-state index contributed by atoms with van der Waals surface area (Å²) in [7, 11) is 0. The molecule has 0 unspecified atom stereocenters. The fourth-order valence-electron chi connectivity index (χ4n) is 5.75. The highest BCUT2D eigenvalue weighted by Gasteiger charge is 2.35. The van der Waals surface area contributed by atoms with Crippen LogP contribution < -0.4 is 11.1 Å². The van der Waals surface area contributed by atoms with Gasteiger partial charge in [-0.25, -0.2) is 10.2 Å². The van der Waals surface area contributed by atoms with Crippen LogP contribution in [-0.4, -0.2) is 41.3 Å². The van der Waals surface area contributed by atoms with Crippen LogP contribution in [0.15, 0.2) is 99.2 Å². The van der Waals surface area contributed by atoms with Gasteiger partial charge in [-0.1, -0.05) is 100 Å². The average molecular weight is 582 g/mol. The van der Waals surface area contributed by atoms with Gasteiger partial charge in [0.05, 0.1) is 17.4 Å². The number of para-hydroxylation sites is 1. The molecule has 226 valence electrons. The van der Waals surface area contributed by atoms with Crippen molar-refractivity contribution in [2.24, 2.45) is 22.9 Å². The maximum Gasteiger partial charge on any atom is 0.343 e. The molecule has 0 radical (unpaired) electrons. The zero-order valence-corrected chi connectivity index (χ0v) is 25.8. The van der Waals surface area contributed by atoms with Crippen molar-refractivity contribution in [2.75, 3.05) is 19.6 Å². The lowest BCUT2D eigenvalue weighted by Crippen LogP contribution is -2.41. The van der Waals surface area contributed by atoms with Crippen LogP contribution in [0.2, 0.25) is 0 Å². The van der Waals surface area contributed by atoms with Crippen LogP contribution in [-0.2, 0) is 11.2 Å². The third kappa shape index (κ3) is 8.42. The van der Waals surface area contributed by atoms with Crippen molar-refractivity contribution >= 4 is 22.6 Å². The van der Waals surface area contributed by atoms with Gasteiger partial charge in [-0.2, -0.15) is 5.10 Å². The molecule has 1 amide bonds. The second kappa shape index (κ2) is 14.8. The second-order valence-electron chi connectivity index (χ2n) is 12.1. The molecule has 4 aromatic rings. The number of hydrogen-bond acceptors (Lipinski definition) is 6. The Labute approximate surface area is 254 Å². The van der Waals surface area contributed by atoms with Crippen LogP contribution in [0.3, 0.4) is 0 Å². The first-order chi connectivity index (χ1) is 20.6. The summed E-state index contributed by atoms with van der Waals surface area (Å²) < 4.78 is 5.77. The highest BCUT2D eigenvalue weighted by atomic mass is 16.4. The van der Waals surface area contributed by atoms with Gasteiger partial charge in [0, 0.05) is 37.2 Å². The van der Waals surface area contributed by atoms with Gasteiger partial charge in [0.2, 0.25) is 5.91 Å². The van der Waals surface area contributed by atoms with Crippen molar-refractivity contribution < 1.29 is 14.3 Å². The fraction of sp³-hybridized carbons (Fsp3) is 0.361. The van der Waals surface area contributed by atoms with Crippen LogP contribution in [0.5, 0.6) is 5.75 Å². The number of aromatic hydroxyl groups is 1. The number of benzene rings is 3. The third-order valence-corrected chi connectivity index (χ3v) is 7.49. The summed E-state index contributed by atoms with van der Waals surface area (Å²) in [6, 6.07) is 26.2. The first-order valence-corrected chi connectivity index (χ1v) is 15.0. The SMILES string of the molecule is C/C(=N/NC(=O)Cc1ccccc1)[C@H](CN(CC(C)C)CC(C)C)[C@H](c1ccccc1)c1c(O)c2ccccc2oc1=O. The number of hydrogen-bond donors (Lipinski definition) is 2. The molecule has 0 aliphatic carbocycles. The summed E-state index contributed by atoms with van der Waals surface area (Å²) in [6.07, 6.45) is 0.201. The number of hydrazone groups is 1. The quantitative estimate of drug-likeness (QED) is 0.105. The Morgan fingerprint density at radius 2 is 1.44 bits per heavy atom. The summed E-state index contributed by atoms with van der Waals surface area (Å²) in [5.74, 6) is -0.445. The van der Waals surface area contributed by atoms with Crippen molar-refractivity contribution in [1.82, 2.24) is 10.3 Å². The summed E-state index contributed by atoms with van der Waals surface area (Å²) in [5, 5.41) is 16.7. The van der Waals surface area contributed by atoms with E-state index in [-0.39, 0.29) is 29.6 Å². The zero-order valence-electron chi connectivity index (χ0n) is 25.8. The maximum atomic E-state index is 13.7. The van der Waals surface area contributed by atoms with E-state index >= 15 is 0 Å². The topological polar surface area (TPSA) is 95.1 Å². The number of nitrogens with one attached hydrogen (secondary N) is 1. The van der Waals surface area contributed by atoms with Gasteiger partial charge in [-0.15, -0.1) is 0 Å². The van der Waals surface area contributed by atoms with Gasteiger partial charge in [0.1, 0.15) is 11.3 Å². The smallest absolute Gasteiger partial charge is 0.343 e. The highest BCUT2D eigenvalue weighted by molar-refractivity contribution is 5.89. The second-order valence-corrected chi connectivity index (χ2v) is 12.1. The van der Waals surface area contributed by atoms with Crippen LogP contribution >= 0.6 is 0 Å². The Morgan fingerprint density at radius 1 is 0.860 bits per heavy atom. The first kappa shape index (κ1) is 31.7. The number of carbonyl (C=O) groups is 1. The monoisotopic (exact) mass is 581 g/mol. The third-order valence-electron chi connectivity index (χ3n) is 7.49. The minimum Gasteiger partial charge on any atom is -0.507 e. The summed E-state index contributed by atoms with van der Waals surface area (Å²) in [5.41, 5.74) is 5.08. The Hall–Kier alpha value is -4.23. The Kier molecular flexibility index (Phi) is 10.9. The van der Waals surface area contributed by atoms with Crippen molar-refractivity contribution in [2.45, 2.75) is 47.0 Å². The number of rotatable bonds is 13. The molecule has 0 fully saturated rings. The molecule has 7 nitrogen and oxygen atoms in total. The van der Waals surface area contributed by atoms with Crippen molar-refractivity contribution in [3.8, 4) is 5.75 Å². The van der Waals surface area contributed by atoms with E-state index < -0.39 is 11.5 Å².